The summed E-state index contributed by atoms with van der Waals surface area (Å²) in [6.07, 6.45) is 2.38. The molecule has 3 nitrogen and oxygen atoms in total. The van der Waals surface area contributed by atoms with Crippen LogP contribution >= 0.6 is 11.6 Å². The molecule has 0 spiro atoms. The molecule has 2 aromatic rings. The summed E-state index contributed by atoms with van der Waals surface area (Å²) in [4.78, 5) is 12.4. The minimum atomic E-state index is 0.150. The molecule has 1 aliphatic carbocycles. The number of carbonyl (C=O) groups excluding carboxylic acids is 1. The predicted octanol–water partition coefficient (Wildman–Crippen LogP) is 3.07. The molecule has 19 heavy (non-hydrogen) atoms. The fourth-order valence-electron chi connectivity index (χ4n) is 2.55. The zero-order valence-corrected chi connectivity index (χ0v) is 11.9. The Balaban J connectivity index is 2.04. The van der Waals surface area contributed by atoms with Crippen molar-refractivity contribution in [2.75, 3.05) is 6.54 Å². The molecule has 1 saturated carbocycles. The molecule has 100 valence electrons. The van der Waals surface area contributed by atoms with Crippen molar-refractivity contribution in [2.24, 2.45) is 7.05 Å². The van der Waals surface area contributed by atoms with Crippen LogP contribution < -0.4 is 5.32 Å². The Labute approximate surface area is 117 Å². The van der Waals surface area contributed by atoms with Gasteiger partial charge in [-0.3, -0.25) is 4.79 Å². The first-order valence-electron chi connectivity index (χ1n) is 6.59. The van der Waals surface area contributed by atoms with Crippen LogP contribution in [0.1, 0.15) is 28.9 Å². The molecule has 1 fully saturated rings. The predicted molar refractivity (Wildman–Crippen MR) is 78.0 cm³/mol. The van der Waals surface area contributed by atoms with E-state index >= 15 is 0 Å². The normalized spacial score (nSPS) is 15.1. The summed E-state index contributed by atoms with van der Waals surface area (Å²) in [5.41, 5.74) is 2.72. The number of carbonyl (C=O) groups is 1. The van der Waals surface area contributed by atoms with Crippen LogP contribution in [0, 0.1) is 6.92 Å². The number of rotatable bonds is 4. The molecule has 0 atom stereocenters. The lowest BCUT2D eigenvalue weighted by Gasteiger charge is -2.03. The largest absolute Gasteiger partial charge is 0.346 e. The third-order valence-electron chi connectivity index (χ3n) is 3.86. The molecule has 1 aromatic heterocycles. The van der Waals surface area contributed by atoms with Crippen LogP contribution in [0.5, 0.6) is 0 Å². The fraction of sp³-hybridized carbons (Fsp3) is 0.400. The first-order valence-corrected chi connectivity index (χ1v) is 6.97. The molecular formula is C15H17ClN2O. The van der Waals surface area contributed by atoms with E-state index in [2.05, 4.69) is 5.32 Å². The first kappa shape index (κ1) is 12.7. The Bertz CT molecular complexity index is 656. The maximum Gasteiger partial charge on any atom is 0.179 e. The van der Waals surface area contributed by atoms with Crippen LogP contribution in [0.2, 0.25) is 5.02 Å². The molecule has 0 aliphatic heterocycles. The molecule has 4 heteroatoms. The molecule has 1 aromatic carbocycles. The summed E-state index contributed by atoms with van der Waals surface area (Å²) in [6, 6.07) is 6.27. The van der Waals surface area contributed by atoms with Crippen molar-refractivity contribution in [3.8, 4) is 0 Å². The number of aromatic nitrogens is 1. The molecule has 1 N–H and O–H groups in total. The van der Waals surface area contributed by atoms with Crippen LogP contribution in [0.4, 0.5) is 0 Å². The molecule has 3 rings (SSSR count). The third kappa shape index (κ3) is 2.17. The average Bonchev–Trinajstić information content (AvgIpc) is 3.16. The van der Waals surface area contributed by atoms with E-state index in [0.29, 0.717) is 17.6 Å². The summed E-state index contributed by atoms with van der Waals surface area (Å²) in [6.45, 7) is 2.39. The zero-order chi connectivity index (χ0) is 13.6. The van der Waals surface area contributed by atoms with Gasteiger partial charge in [-0.15, -0.1) is 0 Å². The van der Waals surface area contributed by atoms with Gasteiger partial charge in [-0.25, -0.2) is 0 Å². The number of hydrogen-bond acceptors (Lipinski definition) is 2. The van der Waals surface area contributed by atoms with Gasteiger partial charge in [0.1, 0.15) is 0 Å². The van der Waals surface area contributed by atoms with Crippen molar-refractivity contribution in [2.45, 2.75) is 25.8 Å². The summed E-state index contributed by atoms with van der Waals surface area (Å²) in [7, 11) is 1.95. The number of nitrogens with one attached hydrogen (secondary N) is 1. The number of benzene rings is 1. The van der Waals surface area contributed by atoms with Gasteiger partial charge in [0.2, 0.25) is 0 Å². The van der Waals surface area contributed by atoms with Gasteiger partial charge in [0.15, 0.2) is 5.78 Å². The lowest BCUT2D eigenvalue weighted by atomic mass is 10.1. The van der Waals surface area contributed by atoms with Gasteiger partial charge in [-0.05, 0) is 25.8 Å². The van der Waals surface area contributed by atoms with Gasteiger partial charge < -0.3 is 9.88 Å². The maximum atomic E-state index is 12.4. The molecule has 0 amide bonds. The third-order valence-corrected chi connectivity index (χ3v) is 4.17. The number of aryl methyl sites for hydroxylation is 1. The van der Waals surface area contributed by atoms with Crippen molar-refractivity contribution in [3.05, 3.63) is 34.5 Å². The summed E-state index contributed by atoms with van der Waals surface area (Å²) in [5.74, 6) is 0.150. The van der Waals surface area contributed by atoms with Crippen LogP contribution in [0.3, 0.4) is 0 Å². The average molecular weight is 277 g/mol. The Morgan fingerprint density at radius 1 is 1.47 bits per heavy atom. The topological polar surface area (TPSA) is 34.0 Å². The SMILES string of the molecule is Cc1c(C(=O)CNC2CC2)c2cccc(Cl)c2n1C. The molecule has 0 radical (unpaired) electrons. The van der Waals surface area contributed by atoms with E-state index in [4.69, 9.17) is 11.6 Å². The van der Waals surface area contributed by atoms with Crippen LogP contribution in [0.15, 0.2) is 18.2 Å². The summed E-state index contributed by atoms with van der Waals surface area (Å²) in [5, 5.41) is 4.92. The van der Waals surface area contributed by atoms with Crippen molar-refractivity contribution in [1.29, 1.82) is 0 Å². The van der Waals surface area contributed by atoms with E-state index in [1.165, 1.54) is 12.8 Å². The Morgan fingerprint density at radius 2 is 2.21 bits per heavy atom. The van der Waals surface area contributed by atoms with Crippen molar-refractivity contribution >= 4 is 28.3 Å². The number of hydrogen-bond donors (Lipinski definition) is 1. The van der Waals surface area contributed by atoms with Gasteiger partial charge in [0, 0.05) is 29.7 Å². The smallest absolute Gasteiger partial charge is 0.179 e. The van der Waals surface area contributed by atoms with E-state index < -0.39 is 0 Å². The van der Waals surface area contributed by atoms with E-state index in [1.807, 2.05) is 36.7 Å². The van der Waals surface area contributed by atoms with E-state index in [1.54, 1.807) is 0 Å². The van der Waals surface area contributed by atoms with Gasteiger partial charge in [0.05, 0.1) is 17.1 Å². The zero-order valence-electron chi connectivity index (χ0n) is 11.2. The quantitative estimate of drug-likeness (QED) is 0.871. The van der Waals surface area contributed by atoms with E-state index in [9.17, 15) is 4.79 Å². The van der Waals surface area contributed by atoms with Gasteiger partial charge >= 0.3 is 0 Å². The van der Waals surface area contributed by atoms with Gasteiger partial charge in [-0.1, -0.05) is 23.7 Å². The highest BCUT2D eigenvalue weighted by atomic mass is 35.5. The fourth-order valence-corrected chi connectivity index (χ4v) is 2.85. The molecule has 0 unspecified atom stereocenters. The number of fused-ring (bicyclic) bond motifs is 1. The summed E-state index contributed by atoms with van der Waals surface area (Å²) < 4.78 is 2.00. The Morgan fingerprint density at radius 3 is 2.89 bits per heavy atom. The summed E-state index contributed by atoms with van der Waals surface area (Å²) >= 11 is 6.24. The number of Topliss-reactive ketones (excluding diaryl/α,β-unsaturated/α-hetero) is 1. The van der Waals surface area contributed by atoms with Crippen LogP contribution in [0.25, 0.3) is 10.9 Å². The molecule has 1 heterocycles. The highest BCUT2D eigenvalue weighted by molar-refractivity contribution is 6.35. The highest BCUT2D eigenvalue weighted by Gasteiger charge is 2.24. The Kier molecular flexibility index (Phi) is 3.11. The molecular weight excluding hydrogens is 260 g/mol. The van der Waals surface area contributed by atoms with Crippen molar-refractivity contribution in [1.82, 2.24) is 9.88 Å². The number of para-hydroxylation sites is 1. The minimum Gasteiger partial charge on any atom is -0.346 e. The van der Waals surface area contributed by atoms with Gasteiger partial charge in [-0.2, -0.15) is 0 Å². The van der Waals surface area contributed by atoms with E-state index in [0.717, 1.165) is 22.2 Å². The minimum absolute atomic E-state index is 0.150. The maximum absolute atomic E-state index is 12.4. The Hall–Kier alpha value is -1.32. The standard InChI is InChI=1S/C15H17ClN2O/c1-9-14(13(19)8-17-10-6-7-10)11-4-3-5-12(16)15(11)18(9)2/h3-5,10,17H,6-8H2,1-2H3. The first-order chi connectivity index (χ1) is 9.09. The second-order valence-electron chi connectivity index (χ2n) is 5.23. The molecule has 1 aliphatic rings. The monoisotopic (exact) mass is 276 g/mol. The number of halogens is 1. The van der Waals surface area contributed by atoms with Crippen LogP contribution in [-0.4, -0.2) is 22.9 Å². The molecule has 0 bridgehead atoms. The second-order valence-corrected chi connectivity index (χ2v) is 5.64. The van der Waals surface area contributed by atoms with E-state index in [-0.39, 0.29) is 5.78 Å². The van der Waals surface area contributed by atoms with Gasteiger partial charge in [0.25, 0.3) is 0 Å². The number of nitrogens with zero attached hydrogens (tertiary/aromatic N) is 1. The van der Waals surface area contributed by atoms with Crippen LogP contribution in [-0.2, 0) is 7.05 Å². The lowest BCUT2D eigenvalue weighted by Crippen LogP contribution is -2.25. The lowest BCUT2D eigenvalue weighted by molar-refractivity contribution is 0.0991. The molecule has 0 saturated heterocycles. The number of ketones is 1. The van der Waals surface area contributed by atoms with Crippen molar-refractivity contribution in [3.63, 3.8) is 0 Å². The van der Waals surface area contributed by atoms with Crippen molar-refractivity contribution < 1.29 is 4.79 Å². The second kappa shape index (κ2) is 4.66. The highest BCUT2D eigenvalue weighted by Crippen LogP contribution is 2.30.